The lowest BCUT2D eigenvalue weighted by atomic mass is 9.90. The third-order valence-electron chi connectivity index (χ3n) is 3.50. The summed E-state index contributed by atoms with van der Waals surface area (Å²) in [6.45, 7) is 1.09. The van der Waals surface area contributed by atoms with E-state index in [1.165, 1.54) is 0 Å². The smallest absolute Gasteiger partial charge is 0.224 e. The molecular formula is C14H20N2O3. The number of rotatable bonds is 4. The average molecular weight is 264 g/mol. The summed E-state index contributed by atoms with van der Waals surface area (Å²) in [5.74, 6) is -0.0827. The van der Waals surface area contributed by atoms with Crippen LogP contribution in [-0.2, 0) is 16.0 Å². The molecule has 5 nitrogen and oxygen atoms in total. The molecule has 4 N–H and O–H groups in total. The van der Waals surface area contributed by atoms with Crippen LogP contribution in [0.15, 0.2) is 24.3 Å². The van der Waals surface area contributed by atoms with E-state index in [1.807, 2.05) is 12.1 Å². The van der Waals surface area contributed by atoms with E-state index in [0.717, 1.165) is 5.56 Å². The number of nitrogens with one attached hydrogen (secondary N) is 1. The second-order valence-corrected chi connectivity index (χ2v) is 5.02. The molecule has 0 atom stereocenters. The van der Waals surface area contributed by atoms with Crippen LogP contribution < -0.4 is 11.1 Å². The zero-order chi connectivity index (χ0) is 13.7. The van der Waals surface area contributed by atoms with Gasteiger partial charge in [-0.3, -0.25) is 4.79 Å². The molecule has 1 saturated heterocycles. The Kier molecular flexibility index (Phi) is 4.39. The van der Waals surface area contributed by atoms with Crippen LogP contribution in [0, 0.1) is 0 Å². The summed E-state index contributed by atoms with van der Waals surface area (Å²) < 4.78 is 5.26. The van der Waals surface area contributed by atoms with Crippen LogP contribution in [-0.4, -0.2) is 36.4 Å². The number of aliphatic hydroxyl groups excluding tert-OH is 1. The van der Waals surface area contributed by atoms with Crippen molar-refractivity contribution in [3.05, 3.63) is 29.8 Å². The number of benzene rings is 1. The van der Waals surface area contributed by atoms with Crippen molar-refractivity contribution in [3.8, 4) is 0 Å². The molecule has 1 aliphatic rings. The van der Waals surface area contributed by atoms with Gasteiger partial charge in [-0.25, -0.2) is 0 Å². The highest BCUT2D eigenvalue weighted by atomic mass is 16.5. The molecule has 0 unspecified atom stereocenters. The number of nitrogens with two attached hydrogens (primary N) is 1. The number of amides is 1. The quantitative estimate of drug-likeness (QED) is 0.690. The van der Waals surface area contributed by atoms with Gasteiger partial charge in [-0.1, -0.05) is 12.1 Å². The second kappa shape index (κ2) is 6.04. The van der Waals surface area contributed by atoms with Crippen LogP contribution in [0.5, 0.6) is 0 Å². The van der Waals surface area contributed by atoms with Gasteiger partial charge in [0.25, 0.3) is 0 Å². The van der Waals surface area contributed by atoms with Gasteiger partial charge in [0, 0.05) is 18.9 Å². The first-order chi connectivity index (χ1) is 9.13. The first-order valence-corrected chi connectivity index (χ1v) is 6.48. The van der Waals surface area contributed by atoms with Gasteiger partial charge in [0.2, 0.25) is 5.91 Å². The zero-order valence-corrected chi connectivity index (χ0v) is 10.9. The first-order valence-electron chi connectivity index (χ1n) is 6.48. The van der Waals surface area contributed by atoms with Crippen LogP contribution in [0.4, 0.5) is 5.69 Å². The molecule has 19 heavy (non-hydrogen) atoms. The molecular weight excluding hydrogens is 244 g/mol. The molecule has 0 aliphatic carbocycles. The molecule has 1 aliphatic heterocycles. The molecule has 0 spiro atoms. The summed E-state index contributed by atoms with van der Waals surface area (Å²) in [5.41, 5.74) is 6.67. The molecule has 1 aromatic rings. The highest BCUT2D eigenvalue weighted by Gasteiger charge is 2.33. The predicted octanol–water partition coefficient (Wildman–Crippen LogP) is 0.469. The normalized spacial score (nSPS) is 17.9. The molecule has 0 radical (unpaired) electrons. The fourth-order valence-electron chi connectivity index (χ4n) is 2.25. The molecule has 1 fully saturated rings. The number of carbonyl (C=O) groups excluding carboxylic acids is 1. The molecule has 2 rings (SSSR count). The van der Waals surface area contributed by atoms with E-state index >= 15 is 0 Å². The number of hydrogen-bond donors (Lipinski definition) is 3. The van der Waals surface area contributed by atoms with E-state index in [0.29, 0.717) is 38.2 Å². The summed E-state index contributed by atoms with van der Waals surface area (Å²) in [5, 5.41) is 12.5. The minimum Gasteiger partial charge on any atom is -0.399 e. The van der Waals surface area contributed by atoms with E-state index < -0.39 is 5.54 Å². The summed E-state index contributed by atoms with van der Waals surface area (Å²) in [6, 6.07) is 7.23. The van der Waals surface area contributed by atoms with E-state index in [2.05, 4.69) is 5.32 Å². The highest BCUT2D eigenvalue weighted by molar-refractivity contribution is 5.79. The molecule has 1 amide bonds. The number of aliphatic hydroxyl groups is 1. The monoisotopic (exact) mass is 264 g/mol. The summed E-state index contributed by atoms with van der Waals surface area (Å²) >= 11 is 0. The topological polar surface area (TPSA) is 84.6 Å². The summed E-state index contributed by atoms with van der Waals surface area (Å²) in [7, 11) is 0. The van der Waals surface area contributed by atoms with Gasteiger partial charge in [0.05, 0.1) is 18.6 Å². The Hall–Kier alpha value is -1.59. The molecule has 0 aromatic heterocycles. The van der Waals surface area contributed by atoms with Crippen molar-refractivity contribution in [2.45, 2.75) is 24.8 Å². The van der Waals surface area contributed by atoms with Crippen molar-refractivity contribution in [2.24, 2.45) is 0 Å². The number of ether oxygens (including phenoxy) is 1. The fourth-order valence-corrected chi connectivity index (χ4v) is 2.25. The standard InChI is InChI=1S/C14H20N2O3/c15-12-3-1-11(2-4-12)9-13(18)16-14(10-17)5-7-19-8-6-14/h1-4,17H,5-10,15H2,(H,16,18). The molecule has 1 aromatic carbocycles. The Morgan fingerprint density at radius 1 is 1.32 bits per heavy atom. The first kappa shape index (κ1) is 13.8. The molecule has 1 heterocycles. The van der Waals surface area contributed by atoms with Crippen molar-refractivity contribution in [2.75, 3.05) is 25.6 Å². The maximum absolute atomic E-state index is 12.0. The van der Waals surface area contributed by atoms with Crippen LogP contribution in [0.25, 0.3) is 0 Å². The number of carbonyl (C=O) groups is 1. The lowest BCUT2D eigenvalue weighted by molar-refractivity contribution is -0.124. The van der Waals surface area contributed by atoms with Crippen molar-refractivity contribution >= 4 is 11.6 Å². The Balaban J connectivity index is 1.94. The molecule has 5 heteroatoms. The fraction of sp³-hybridized carbons (Fsp3) is 0.500. The van der Waals surface area contributed by atoms with E-state index in [1.54, 1.807) is 12.1 Å². The van der Waals surface area contributed by atoms with Gasteiger partial charge in [-0.2, -0.15) is 0 Å². The maximum Gasteiger partial charge on any atom is 0.224 e. The van der Waals surface area contributed by atoms with Crippen molar-refractivity contribution in [1.29, 1.82) is 0 Å². The summed E-state index contributed by atoms with van der Waals surface area (Å²) in [4.78, 5) is 12.0. The number of nitrogen functional groups attached to an aromatic ring is 1. The van der Waals surface area contributed by atoms with Crippen molar-refractivity contribution < 1.29 is 14.6 Å². The second-order valence-electron chi connectivity index (χ2n) is 5.02. The van der Waals surface area contributed by atoms with Gasteiger partial charge in [0.15, 0.2) is 0 Å². The average Bonchev–Trinajstić information content (AvgIpc) is 2.42. The Labute approximate surface area is 112 Å². The largest absolute Gasteiger partial charge is 0.399 e. The SMILES string of the molecule is Nc1ccc(CC(=O)NC2(CO)CCOCC2)cc1. The van der Waals surface area contributed by atoms with Crippen LogP contribution in [0.3, 0.4) is 0 Å². The van der Waals surface area contributed by atoms with Crippen LogP contribution in [0.2, 0.25) is 0 Å². The van der Waals surface area contributed by atoms with Gasteiger partial charge in [-0.05, 0) is 30.5 Å². The number of anilines is 1. The molecule has 104 valence electrons. The Morgan fingerprint density at radius 2 is 1.95 bits per heavy atom. The Morgan fingerprint density at radius 3 is 2.53 bits per heavy atom. The van der Waals surface area contributed by atoms with Crippen molar-refractivity contribution in [1.82, 2.24) is 5.32 Å². The zero-order valence-electron chi connectivity index (χ0n) is 10.9. The lowest BCUT2D eigenvalue weighted by Gasteiger charge is -2.36. The van der Waals surface area contributed by atoms with E-state index in [9.17, 15) is 9.90 Å². The van der Waals surface area contributed by atoms with Crippen LogP contribution >= 0.6 is 0 Å². The van der Waals surface area contributed by atoms with Crippen LogP contribution in [0.1, 0.15) is 18.4 Å². The Bertz CT molecular complexity index is 425. The van der Waals surface area contributed by atoms with E-state index in [-0.39, 0.29) is 12.5 Å². The predicted molar refractivity (Wildman–Crippen MR) is 72.6 cm³/mol. The molecule has 0 saturated carbocycles. The van der Waals surface area contributed by atoms with Gasteiger partial charge in [0.1, 0.15) is 0 Å². The highest BCUT2D eigenvalue weighted by Crippen LogP contribution is 2.20. The third kappa shape index (κ3) is 3.68. The van der Waals surface area contributed by atoms with Gasteiger partial charge < -0.3 is 20.9 Å². The van der Waals surface area contributed by atoms with Crippen molar-refractivity contribution in [3.63, 3.8) is 0 Å². The molecule has 0 bridgehead atoms. The lowest BCUT2D eigenvalue weighted by Crippen LogP contribution is -2.55. The van der Waals surface area contributed by atoms with Gasteiger partial charge >= 0.3 is 0 Å². The minimum atomic E-state index is -0.525. The number of hydrogen-bond acceptors (Lipinski definition) is 4. The van der Waals surface area contributed by atoms with Gasteiger partial charge in [-0.15, -0.1) is 0 Å². The summed E-state index contributed by atoms with van der Waals surface area (Å²) in [6.07, 6.45) is 1.59. The maximum atomic E-state index is 12.0. The minimum absolute atomic E-state index is 0.0517. The van der Waals surface area contributed by atoms with E-state index in [4.69, 9.17) is 10.5 Å². The third-order valence-corrected chi connectivity index (χ3v) is 3.50.